The normalized spacial score (nSPS) is 14.1. The predicted molar refractivity (Wildman–Crippen MR) is 130 cm³/mol. The van der Waals surface area contributed by atoms with Gasteiger partial charge in [0.2, 0.25) is 0 Å². The summed E-state index contributed by atoms with van der Waals surface area (Å²) in [4.78, 5) is 38.2. The third-order valence-corrected chi connectivity index (χ3v) is 5.88. The van der Waals surface area contributed by atoms with Crippen LogP contribution in [0.4, 0.5) is 13.2 Å². The first-order valence-electron chi connectivity index (χ1n) is 11.3. The zero-order valence-corrected chi connectivity index (χ0v) is 20.6. The van der Waals surface area contributed by atoms with Crippen molar-refractivity contribution in [1.29, 1.82) is 0 Å². The summed E-state index contributed by atoms with van der Waals surface area (Å²) < 4.78 is 43.2. The average molecular weight is 540 g/mol. The first kappa shape index (κ1) is 28.0. The number of H-pyrrole nitrogens is 1. The van der Waals surface area contributed by atoms with Gasteiger partial charge in [-0.2, -0.15) is 13.2 Å². The Morgan fingerprint density at radius 3 is 2.49 bits per heavy atom. The van der Waals surface area contributed by atoms with E-state index in [4.69, 9.17) is 21.4 Å². The summed E-state index contributed by atoms with van der Waals surface area (Å²) in [5, 5.41) is 15.6. The molecule has 0 saturated carbocycles. The summed E-state index contributed by atoms with van der Waals surface area (Å²) in [6.07, 6.45) is -4.24. The van der Waals surface area contributed by atoms with E-state index in [-0.39, 0.29) is 23.2 Å². The van der Waals surface area contributed by atoms with Crippen LogP contribution < -0.4 is 10.6 Å². The van der Waals surface area contributed by atoms with Gasteiger partial charge in [-0.05, 0) is 49.6 Å². The molecular weight excluding hydrogens is 515 g/mol. The van der Waals surface area contributed by atoms with Crippen LogP contribution in [0.5, 0.6) is 0 Å². The van der Waals surface area contributed by atoms with Gasteiger partial charge in [-0.1, -0.05) is 35.9 Å². The van der Waals surface area contributed by atoms with E-state index in [1.54, 1.807) is 36.5 Å². The van der Waals surface area contributed by atoms with Crippen LogP contribution >= 0.6 is 11.6 Å². The molecule has 0 spiro atoms. The van der Waals surface area contributed by atoms with Crippen molar-refractivity contribution < 1.29 is 37.4 Å². The number of hydrogen-bond acceptors (Lipinski definition) is 5. The number of benzene rings is 2. The number of nitrogens with one attached hydrogen (secondary N) is 3. The molecule has 3 rings (SSSR count). The monoisotopic (exact) mass is 539 g/mol. The number of halogens is 4. The SMILES string of the molecule is C[C@H](Cc1c[nH]c2c(C(=O)N[C@@H](C)C(=O)O)cccc12)NC[C@@H](OC(=O)C(F)(F)F)c1cccc(Cl)c1. The fraction of sp³-hybridized carbons (Fsp3) is 0.320. The summed E-state index contributed by atoms with van der Waals surface area (Å²) in [6, 6.07) is 9.75. The molecule has 0 aliphatic rings. The highest BCUT2D eigenvalue weighted by Crippen LogP contribution is 2.26. The number of ether oxygens (including phenoxy) is 1. The lowest BCUT2D eigenvalue weighted by Gasteiger charge is -2.22. The second kappa shape index (κ2) is 11.7. The van der Waals surface area contributed by atoms with Gasteiger partial charge in [0.1, 0.15) is 12.1 Å². The molecule has 0 saturated heterocycles. The number of aromatic nitrogens is 1. The topological polar surface area (TPSA) is 121 Å². The zero-order chi connectivity index (χ0) is 27.3. The van der Waals surface area contributed by atoms with Crippen molar-refractivity contribution in [2.45, 2.75) is 44.6 Å². The quantitative estimate of drug-likeness (QED) is 0.284. The van der Waals surface area contributed by atoms with Crippen molar-refractivity contribution in [3.8, 4) is 0 Å². The van der Waals surface area contributed by atoms with E-state index in [1.807, 2.05) is 6.92 Å². The Balaban J connectivity index is 1.73. The van der Waals surface area contributed by atoms with Gasteiger partial charge < -0.3 is 25.5 Å². The second-order valence-corrected chi connectivity index (χ2v) is 8.97. The molecule has 1 amide bonds. The van der Waals surface area contributed by atoms with E-state index >= 15 is 0 Å². The molecule has 0 radical (unpaired) electrons. The number of aliphatic carboxylic acids is 1. The molecule has 2 aromatic carbocycles. The predicted octanol–water partition coefficient (Wildman–Crippen LogP) is 4.39. The maximum Gasteiger partial charge on any atom is 0.490 e. The molecule has 4 N–H and O–H groups in total. The van der Waals surface area contributed by atoms with Crippen LogP contribution in [0, 0.1) is 0 Å². The number of amides is 1. The zero-order valence-electron chi connectivity index (χ0n) is 19.9. The Labute approximate surface area is 215 Å². The van der Waals surface area contributed by atoms with Crippen LogP contribution in [-0.2, 0) is 20.7 Å². The number of alkyl halides is 3. The first-order chi connectivity index (χ1) is 17.4. The summed E-state index contributed by atoms with van der Waals surface area (Å²) >= 11 is 5.96. The van der Waals surface area contributed by atoms with Crippen molar-refractivity contribution in [3.63, 3.8) is 0 Å². The second-order valence-electron chi connectivity index (χ2n) is 8.54. The van der Waals surface area contributed by atoms with Gasteiger partial charge in [0.05, 0.1) is 11.1 Å². The third-order valence-electron chi connectivity index (χ3n) is 5.64. The van der Waals surface area contributed by atoms with Crippen molar-refractivity contribution in [1.82, 2.24) is 15.6 Å². The van der Waals surface area contributed by atoms with Crippen LogP contribution in [0.2, 0.25) is 5.02 Å². The van der Waals surface area contributed by atoms with Gasteiger partial charge >= 0.3 is 18.1 Å². The van der Waals surface area contributed by atoms with E-state index in [0.29, 0.717) is 17.5 Å². The summed E-state index contributed by atoms with van der Waals surface area (Å²) in [7, 11) is 0. The summed E-state index contributed by atoms with van der Waals surface area (Å²) in [5.74, 6) is -4.01. The van der Waals surface area contributed by atoms with Gasteiger partial charge in [-0.15, -0.1) is 0 Å². The van der Waals surface area contributed by atoms with E-state index < -0.39 is 36.2 Å². The Kier molecular flexibility index (Phi) is 8.82. The summed E-state index contributed by atoms with van der Waals surface area (Å²) in [6.45, 7) is 3.06. The Bertz CT molecular complexity index is 1290. The van der Waals surface area contributed by atoms with E-state index in [0.717, 1.165) is 10.9 Å². The fourth-order valence-electron chi connectivity index (χ4n) is 3.75. The molecule has 8 nitrogen and oxygen atoms in total. The van der Waals surface area contributed by atoms with Gasteiger partial charge in [-0.25, -0.2) is 4.79 Å². The number of hydrogen-bond donors (Lipinski definition) is 4. The molecule has 0 fully saturated rings. The van der Waals surface area contributed by atoms with E-state index in [2.05, 4.69) is 15.6 Å². The number of carboxylic acid groups (broad SMARTS) is 1. The minimum absolute atomic E-state index is 0.105. The molecule has 198 valence electrons. The number of para-hydroxylation sites is 1. The minimum atomic E-state index is -5.14. The largest absolute Gasteiger partial charge is 0.490 e. The molecular formula is C25H25ClF3N3O5. The number of rotatable bonds is 10. The van der Waals surface area contributed by atoms with Gasteiger partial charge in [0.15, 0.2) is 0 Å². The van der Waals surface area contributed by atoms with Crippen molar-refractivity contribution >= 4 is 40.3 Å². The molecule has 1 aromatic heterocycles. The Morgan fingerprint density at radius 2 is 1.84 bits per heavy atom. The number of carboxylic acids is 1. The molecule has 3 atom stereocenters. The Hall–Kier alpha value is -3.57. The molecule has 3 aromatic rings. The first-order valence-corrected chi connectivity index (χ1v) is 11.6. The highest BCUT2D eigenvalue weighted by Gasteiger charge is 2.42. The smallest absolute Gasteiger partial charge is 0.480 e. The minimum Gasteiger partial charge on any atom is -0.480 e. The third kappa shape index (κ3) is 7.23. The van der Waals surface area contributed by atoms with Crippen LogP contribution in [0.3, 0.4) is 0 Å². The van der Waals surface area contributed by atoms with Crippen LogP contribution in [0.1, 0.15) is 41.4 Å². The lowest BCUT2D eigenvalue weighted by molar-refractivity contribution is -0.205. The number of carbonyl (C=O) groups excluding carboxylic acids is 2. The van der Waals surface area contributed by atoms with Gasteiger partial charge in [0.25, 0.3) is 5.91 Å². The van der Waals surface area contributed by atoms with Crippen LogP contribution in [0.25, 0.3) is 10.9 Å². The molecule has 0 unspecified atom stereocenters. The molecule has 1 heterocycles. The van der Waals surface area contributed by atoms with Gasteiger partial charge in [-0.3, -0.25) is 9.59 Å². The van der Waals surface area contributed by atoms with Crippen molar-refractivity contribution in [3.05, 3.63) is 70.4 Å². The van der Waals surface area contributed by atoms with Crippen LogP contribution in [0.15, 0.2) is 48.7 Å². The lowest BCUT2D eigenvalue weighted by Crippen LogP contribution is -2.38. The number of fused-ring (bicyclic) bond motifs is 1. The average Bonchev–Trinajstić information content (AvgIpc) is 3.23. The Morgan fingerprint density at radius 1 is 1.14 bits per heavy atom. The van der Waals surface area contributed by atoms with Gasteiger partial charge in [0, 0.05) is 29.2 Å². The van der Waals surface area contributed by atoms with E-state index in [1.165, 1.54) is 19.1 Å². The van der Waals surface area contributed by atoms with Crippen LogP contribution in [-0.4, -0.2) is 52.7 Å². The highest BCUT2D eigenvalue weighted by molar-refractivity contribution is 6.30. The van der Waals surface area contributed by atoms with Crippen molar-refractivity contribution in [2.24, 2.45) is 0 Å². The maximum atomic E-state index is 12.8. The van der Waals surface area contributed by atoms with E-state index in [9.17, 15) is 27.6 Å². The molecule has 12 heteroatoms. The maximum absolute atomic E-state index is 12.8. The molecule has 0 aliphatic carbocycles. The summed E-state index contributed by atoms with van der Waals surface area (Å²) in [5.41, 5.74) is 1.93. The fourth-order valence-corrected chi connectivity index (χ4v) is 3.95. The lowest BCUT2D eigenvalue weighted by atomic mass is 10.0. The molecule has 0 bridgehead atoms. The number of esters is 1. The molecule has 0 aliphatic heterocycles. The van der Waals surface area contributed by atoms with Crippen molar-refractivity contribution in [2.75, 3.05) is 6.54 Å². The highest BCUT2D eigenvalue weighted by atomic mass is 35.5. The number of carbonyl (C=O) groups is 3. The number of aromatic amines is 1. The molecule has 37 heavy (non-hydrogen) atoms. The standard InChI is InChI=1S/C25H25ClF3N3O5/c1-13(30-12-20(37-24(36)25(27,28)29)15-5-3-6-17(26)10-15)9-16-11-31-21-18(16)7-4-8-19(21)22(33)32-14(2)23(34)35/h3-8,10-11,13-14,20,30-31H,9,12H2,1-2H3,(H,32,33)(H,34,35)/t13-,14+,20-/m1/s1.